The topological polar surface area (TPSA) is 39.1 Å². The standard InChI is InChI=1S/C15H29N3O/c1-7-12(3)18-10-9-13(17-18)11-14(16-8-2)15(4,5)19-6/h9-10,12,14,16H,7-8,11H2,1-6H3. The third-order valence-corrected chi connectivity index (χ3v) is 3.94. The Kier molecular flexibility index (Phi) is 6.01. The first kappa shape index (κ1) is 16.2. The summed E-state index contributed by atoms with van der Waals surface area (Å²) < 4.78 is 7.66. The normalized spacial score (nSPS) is 15.5. The average molecular weight is 267 g/mol. The highest BCUT2D eigenvalue weighted by Gasteiger charge is 2.29. The number of aromatic nitrogens is 2. The quantitative estimate of drug-likeness (QED) is 0.787. The molecule has 0 aliphatic heterocycles. The van der Waals surface area contributed by atoms with Crippen LogP contribution in [0.15, 0.2) is 12.3 Å². The number of nitrogens with zero attached hydrogens (tertiary/aromatic N) is 2. The van der Waals surface area contributed by atoms with E-state index in [9.17, 15) is 0 Å². The number of likely N-dealkylation sites (N-methyl/N-ethyl adjacent to an activating group) is 1. The first-order valence-electron chi connectivity index (χ1n) is 7.27. The fourth-order valence-corrected chi connectivity index (χ4v) is 2.08. The first-order valence-corrected chi connectivity index (χ1v) is 7.27. The highest BCUT2D eigenvalue weighted by atomic mass is 16.5. The van der Waals surface area contributed by atoms with E-state index in [4.69, 9.17) is 4.74 Å². The van der Waals surface area contributed by atoms with Gasteiger partial charge in [0.05, 0.1) is 11.3 Å². The molecule has 0 amide bonds. The molecule has 0 bridgehead atoms. The summed E-state index contributed by atoms with van der Waals surface area (Å²) in [6.45, 7) is 11.7. The van der Waals surface area contributed by atoms with Gasteiger partial charge in [-0.2, -0.15) is 5.10 Å². The van der Waals surface area contributed by atoms with Crippen LogP contribution in [0.1, 0.15) is 52.8 Å². The number of hydrogen-bond donors (Lipinski definition) is 1. The van der Waals surface area contributed by atoms with E-state index in [0.717, 1.165) is 25.1 Å². The van der Waals surface area contributed by atoms with E-state index in [1.165, 1.54) is 0 Å². The van der Waals surface area contributed by atoms with E-state index in [0.29, 0.717) is 6.04 Å². The molecule has 0 fully saturated rings. The second kappa shape index (κ2) is 7.06. The summed E-state index contributed by atoms with van der Waals surface area (Å²) in [5.74, 6) is 0. The molecular weight excluding hydrogens is 238 g/mol. The minimum atomic E-state index is -0.198. The van der Waals surface area contributed by atoms with Gasteiger partial charge >= 0.3 is 0 Å². The molecule has 0 aromatic carbocycles. The lowest BCUT2D eigenvalue weighted by molar-refractivity contribution is -0.00988. The maximum atomic E-state index is 5.60. The minimum Gasteiger partial charge on any atom is -0.377 e. The summed E-state index contributed by atoms with van der Waals surface area (Å²) in [6, 6.07) is 2.84. The van der Waals surface area contributed by atoms with E-state index in [2.05, 4.69) is 62.0 Å². The van der Waals surface area contributed by atoms with Crippen molar-refractivity contribution in [3.05, 3.63) is 18.0 Å². The molecule has 1 aromatic heterocycles. The van der Waals surface area contributed by atoms with Crippen molar-refractivity contribution in [3.8, 4) is 0 Å². The van der Waals surface area contributed by atoms with Crippen molar-refractivity contribution >= 4 is 0 Å². The monoisotopic (exact) mass is 267 g/mol. The Balaban J connectivity index is 2.77. The fourth-order valence-electron chi connectivity index (χ4n) is 2.08. The zero-order chi connectivity index (χ0) is 14.5. The molecule has 4 heteroatoms. The van der Waals surface area contributed by atoms with Gasteiger partial charge in [0.15, 0.2) is 0 Å². The summed E-state index contributed by atoms with van der Waals surface area (Å²) in [4.78, 5) is 0. The summed E-state index contributed by atoms with van der Waals surface area (Å²) >= 11 is 0. The van der Waals surface area contributed by atoms with Crippen molar-refractivity contribution in [1.29, 1.82) is 0 Å². The van der Waals surface area contributed by atoms with Crippen molar-refractivity contribution in [1.82, 2.24) is 15.1 Å². The smallest absolute Gasteiger partial charge is 0.0778 e. The van der Waals surface area contributed by atoms with Crippen LogP contribution in [-0.4, -0.2) is 35.1 Å². The van der Waals surface area contributed by atoms with Crippen LogP contribution in [-0.2, 0) is 11.2 Å². The number of rotatable bonds is 8. The average Bonchev–Trinajstić information content (AvgIpc) is 2.86. The lowest BCUT2D eigenvalue weighted by atomic mass is 9.94. The van der Waals surface area contributed by atoms with Crippen LogP contribution >= 0.6 is 0 Å². The third kappa shape index (κ3) is 4.32. The van der Waals surface area contributed by atoms with Crippen LogP contribution < -0.4 is 5.32 Å². The SMILES string of the molecule is CCNC(Cc1ccn(C(C)CC)n1)C(C)(C)OC. The predicted molar refractivity (Wildman–Crippen MR) is 79.5 cm³/mol. The molecule has 1 aromatic rings. The predicted octanol–water partition coefficient (Wildman–Crippen LogP) is 2.80. The Morgan fingerprint density at radius 1 is 1.42 bits per heavy atom. The lowest BCUT2D eigenvalue weighted by Crippen LogP contribution is -2.49. The summed E-state index contributed by atoms with van der Waals surface area (Å²) in [7, 11) is 1.77. The van der Waals surface area contributed by atoms with Gasteiger partial charge in [0.25, 0.3) is 0 Å². The summed E-state index contributed by atoms with van der Waals surface area (Å²) in [5.41, 5.74) is 0.923. The molecular formula is C15H29N3O. The van der Waals surface area contributed by atoms with Crippen LogP contribution in [0.5, 0.6) is 0 Å². The molecule has 2 unspecified atom stereocenters. The molecule has 0 saturated heterocycles. The second-order valence-electron chi connectivity index (χ2n) is 5.67. The molecule has 0 spiro atoms. The van der Waals surface area contributed by atoms with E-state index in [-0.39, 0.29) is 11.6 Å². The molecule has 19 heavy (non-hydrogen) atoms. The minimum absolute atomic E-state index is 0.198. The van der Waals surface area contributed by atoms with Crippen molar-refractivity contribution in [3.63, 3.8) is 0 Å². The molecule has 0 radical (unpaired) electrons. The molecule has 1 rings (SSSR count). The molecule has 4 nitrogen and oxygen atoms in total. The Morgan fingerprint density at radius 2 is 2.11 bits per heavy atom. The lowest BCUT2D eigenvalue weighted by Gasteiger charge is -2.33. The molecule has 1 heterocycles. The van der Waals surface area contributed by atoms with Gasteiger partial charge < -0.3 is 10.1 Å². The van der Waals surface area contributed by atoms with Crippen LogP contribution in [0.4, 0.5) is 0 Å². The summed E-state index contributed by atoms with van der Waals surface area (Å²) in [5, 5.41) is 8.17. The number of nitrogens with one attached hydrogen (secondary N) is 1. The Bertz CT molecular complexity index is 373. The van der Waals surface area contributed by atoms with Crippen LogP contribution in [0.2, 0.25) is 0 Å². The van der Waals surface area contributed by atoms with Crippen LogP contribution in [0, 0.1) is 0 Å². The molecule has 1 N–H and O–H groups in total. The maximum absolute atomic E-state index is 5.60. The Morgan fingerprint density at radius 3 is 2.63 bits per heavy atom. The molecule has 0 saturated carbocycles. The Hall–Kier alpha value is -0.870. The van der Waals surface area contributed by atoms with Crippen molar-refractivity contribution in [2.24, 2.45) is 0 Å². The van der Waals surface area contributed by atoms with Crippen LogP contribution in [0.25, 0.3) is 0 Å². The van der Waals surface area contributed by atoms with Gasteiger partial charge in [0.1, 0.15) is 0 Å². The molecule has 0 aliphatic rings. The largest absolute Gasteiger partial charge is 0.377 e. The van der Waals surface area contributed by atoms with Gasteiger partial charge in [0.2, 0.25) is 0 Å². The highest BCUT2D eigenvalue weighted by Crippen LogP contribution is 2.18. The zero-order valence-corrected chi connectivity index (χ0v) is 13.2. The van der Waals surface area contributed by atoms with E-state index in [1.807, 2.05) is 0 Å². The van der Waals surface area contributed by atoms with Gasteiger partial charge in [-0.3, -0.25) is 4.68 Å². The van der Waals surface area contributed by atoms with Gasteiger partial charge in [-0.25, -0.2) is 0 Å². The molecule has 110 valence electrons. The van der Waals surface area contributed by atoms with Crippen LogP contribution in [0.3, 0.4) is 0 Å². The highest BCUT2D eigenvalue weighted by molar-refractivity contribution is 5.05. The number of methoxy groups -OCH3 is 1. The van der Waals surface area contributed by atoms with Crippen molar-refractivity contribution < 1.29 is 4.74 Å². The van der Waals surface area contributed by atoms with E-state index in [1.54, 1.807) is 7.11 Å². The maximum Gasteiger partial charge on any atom is 0.0778 e. The molecule has 2 atom stereocenters. The van der Waals surface area contributed by atoms with E-state index >= 15 is 0 Å². The van der Waals surface area contributed by atoms with Gasteiger partial charge in [-0.1, -0.05) is 13.8 Å². The number of hydrogen-bond acceptors (Lipinski definition) is 3. The van der Waals surface area contributed by atoms with E-state index < -0.39 is 0 Å². The summed E-state index contributed by atoms with van der Waals surface area (Å²) in [6.07, 6.45) is 4.06. The zero-order valence-electron chi connectivity index (χ0n) is 13.2. The number of ether oxygens (including phenoxy) is 1. The fraction of sp³-hybridized carbons (Fsp3) is 0.800. The second-order valence-corrected chi connectivity index (χ2v) is 5.67. The Labute approximate surface area is 117 Å². The van der Waals surface area contributed by atoms with Crippen molar-refractivity contribution in [2.75, 3.05) is 13.7 Å². The third-order valence-electron chi connectivity index (χ3n) is 3.94. The first-order chi connectivity index (χ1) is 8.94. The van der Waals surface area contributed by atoms with Gasteiger partial charge in [-0.05, 0) is 39.8 Å². The molecule has 0 aliphatic carbocycles. The van der Waals surface area contributed by atoms with Gasteiger partial charge in [0, 0.05) is 31.8 Å². The van der Waals surface area contributed by atoms with Gasteiger partial charge in [-0.15, -0.1) is 0 Å². The van der Waals surface area contributed by atoms with Crippen molar-refractivity contribution in [2.45, 2.75) is 65.1 Å².